The van der Waals surface area contributed by atoms with Gasteiger partial charge in [0.25, 0.3) is 0 Å². The Morgan fingerprint density at radius 2 is 0.943 bits per heavy atom. The van der Waals surface area contributed by atoms with Crippen LogP contribution < -0.4 is 0 Å². The molecule has 0 spiro atoms. The highest BCUT2D eigenvalue weighted by Gasteiger charge is 2.45. The molecule has 2 fully saturated rings. The summed E-state index contributed by atoms with van der Waals surface area (Å²) in [6.45, 7) is 0. The van der Waals surface area contributed by atoms with Crippen LogP contribution in [0.3, 0.4) is 0 Å². The van der Waals surface area contributed by atoms with Gasteiger partial charge in [0.05, 0.1) is 11.4 Å². The first-order chi connectivity index (χ1) is 26.2. The second-order valence-electron chi connectivity index (χ2n) is 14.6. The fraction of sp³-hybridized carbons (Fsp3) is 0.146. The van der Waals surface area contributed by atoms with E-state index >= 15 is 0 Å². The van der Waals surface area contributed by atoms with Gasteiger partial charge in [-0.25, -0.2) is 24.9 Å². The fourth-order valence-corrected chi connectivity index (χ4v) is 8.65. The third-order valence-corrected chi connectivity index (χ3v) is 11.4. The minimum Gasteiger partial charge on any atom is -0.228 e. The molecule has 10 rings (SSSR count). The fourth-order valence-electron chi connectivity index (χ4n) is 8.65. The lowest BCUT2D eigenvalue weighted by atomic mass is 9.77. The van der Waals surface area contributed by atoms with Crippen LogP contribution in [0.25, 0.3) is 78.8 Å². The number of nitrogens with zero attached hydrogens (tertiary/aromatic N) is 5. The van der Waals surface area contributed by atoms with E-state index in [4.69, 9.17) is 24.9 Å². The molecular weight excluding hydrogens is 647 g/mol. The summed E-state index contributed by atoms with van der Waals surface area (Å²) in [7, 11) is 0. The zero-order valence-corrected chi connectivity index (χ0v) is 29.4. The van der Waals surface area contributed by atoms with Crippen molar-refractivity contribution >= 4 is 10.8 Å². The smallest absolute Gasteiger partial charge is 0.164 e. The van der Waals surface area contributed by atoms with Crippen molar-refractivity contribution in [2.45, 2.75) is 37.5 Å². The topological polar surface area (TPSA) is 64.5 Å². The molecule has 0 radical (unpaired) electrons. The maximum Gasteiger partial charge on any atom is 0.164 e. The lowest BCUT2D eigenvalue weighted by Gasteiger charge is -2.27. The Morgan fingerprint density at radius 3 is 1.64 bits per heavy atom. The van der Waals surface area contributed by atoms with Crippen LogP contribution in [0, 0.1) is 5.92 Å². The van der Waals surface area contributed by atoms with E-state index in [1.807, 2.05) is 48.5 Å². The predicted octanol–water partition coefficient (Wildman–Crippen LogP) is 11.6. The molecule has 0 N–H and O–H groups in total. The Balaban J connectivity index is 1.11. The number of benzene rings is 6. The Morgan fingerprint density at radius 1 is 0.415 bits per heavy atom. The first kappa shape index (κ1) is 31.4. The summed E-state index contributed by atoms with van der Waals surface area (Å²) in [6.07, 6.45) is 6.62. The third-order valence-electron chi connectivity index (χ3n) is 11.4. The van der Waals surface area contributed by atoms with Gasteiger partial charge in [0, 0.05) is 33.4 Å². The molecule has 2 aliphatic carbocycles. The molecule has 2 aromatic heterocycles. The summed E-state index contributed by atoms with van der Waals surface area (Å²) in [5, 5.41) is 2.25. The van der Waals surface area contributed by atoms with Crippen LogP contribution in [0.5, 0.6) is 0 Å². The number of rotatable bonds is 7. The van der Waals surface area contributed by atoms with Crippen molar-refractivity contribution in [2.24, 2.45) is 5.92 Å². The van der Waals surface area contributed by atoms with Gasteiger partial charge in [0.2, 0.25) is 0 Å². The van der Waals surface area contributed by atoms with E-state index < -0.39 is 0 Å². The minimum absolute atomic E-state index is 0.321. The SMILES string of the molecule is c1ccc(-c2nc(-c3cccc(-c4nc(-c5ccccc5)nc(-c5cccc6ccccc56)n4)c3)cc(-c3cccc(C45CCC(CC4)C5)c3)n2)cc1. The van der Waals surface area contributed by atoms with Gasteiger partial charge in [-0.1, -0.05) is 140 Å². The van der Waals surface area contributed by atoms with E-state index in [1.54, 1.807) is 0 Å². The molecule has 8 aromatic rings. The van der Waals surface area contributed by atoms with Gasteiger partial charge < -0.3 is 0 Å². The molecule has 53 heavy (non-hydrogen) atoms. The zero-order valence-electron chi connectivity index (χ0n) is 29.4. The molecule has 0 saturated heterocycles. The molecule has 0 unspecified atom stereocenters. The predicted molar refractivity (Wildman–Crippen MR) is 214 cm³/mol. The monoisotopic (exact) mass is 683 g/mol. The van der Waals surface area contributed by atoms with Crippen LogP contribution in [0.1, 0.15) is 37.7 Å². The molecule has 2 saturated carbocycles. The molecule has 2 heterocycles. The summed E-state index contributed by atoms with van der Waals surface area (Å²) in [5.41, 5.74) is 9.46. The van der Waals surface area contributed by atoms with Crippen LogP contribution in [-0.2, 0) is 5.41 Å². The van der Waals surface area contributed by atoms with Crippen molar-refractivity contribution in [1.82, 2.24) is 24.9 Å². The highest BCUT2D eigenvalue weighted by atomic mass is 15.0. The summed E-state index contributed by atoms with van der Waals surface area (Å²) in [4.78, 5) is 25.6. The Kier molecular flexibility index (Phi) is 7.71. The van der Waals surface area contributed by atoms with Crippen molar-refractivity contribution in [3.8, 4) is 68.1 Å². The summed E-state index contributed by atoms with van der Waals surface area (Å²) in [5.74, 6) is 3.48. The van der Waals surface area contributed by atoms with E-state index in [0.717, 1.165) is 61.5 Å². The molecule has 2 bridgehead atoms. The highest BCUT2D eigenvalue weighted by Crippen LogP contribution is 2.55. The van der Waals surface area contributed by atoms with E-state index in [0.29, 0.717) is 28.7 Å². The Labute approximate surface area is 309 Å². The van der Waals surface area contributed by atoms with Crippen molar-refractivity contribution in [3.05, 3.63) is 163 Å². The number of aromatic nitrogens is 5. The second kappa shape index (κ2) is 13.0. The third kappa shape index (κ3) is 5.88. The molecule has 5 heteroatoms. The van der Waals surface area contributed by atoms with Gasteiger partial charge in [0.1, 0.15) is 0 Å². The molecule has 2 aliphatic rings. The van der Waals surface area contributed by atoms with Gasteiger partial charge >= 0.3 is 0 Å². The number of hydrogen-bond acceptors (Lipinski definition) is 5. The van der Waals surface area contributed by atoms with Crippen LogP contribution >= 0.6 is 0 Å². The molecule has 5 nitrogen and oxygen atoms in total. The van der Waals surface area contributed by atoms with E-state index in [9.17, 15) is 0 Å². The van der Waals surface area contributed by atoms with Crippen molar-refractivity contribution < 1.29 is 0 Å². The number of fused-ring (bicyclic) bond motifs is 3. The molecule has 6 aromatic carbocycles. The molecular formula is C48H37N5. The number of hydrogen-bond donors (Lipinski definition) is 0. The summed E-state index contributed by atoms with van der Waals surface area (Å²) in [6, 6.07) is 54.7. The molecule has 254 valence electrons. The molecule has 0 atom stereocenters. The van der Waals surface area contributed by atoms with Crippen molar-refractivity contribution in [1.29, 1.82) is 0 Å². The van der Waals surface area contributed by atoms with Crippen molar-refractivity contribution in [3.63, 3.8) is 0 Å². The van der Waals surface area contributed by atoms with Crippen LogP contribution in [0.4, 0.5) is 0 Å². The van der Waals surface area contributed by atoms with Gasteiger partial charge in [-0.15, -0.1) is 0 Å². The van der Waals surface area contributed by atoms with E-state index in [-0.39, 0.29) is 0 Å². The van der Waals surface area contributed by atoms with Crippen molar-refractivity contribution in [2.75, 3.05) is 0 Å². The Bertz CT molecular complexity index is 2600. The normalized spacial score (nSPS) is 17.7. The standard InChI is InChI=1S/C48H37N5/c1-3-13-34(14-4-1)44-49-42(30-43(50-44)37-19-10-21-39(29-37)48-26-24-32(31-48)25-27-48)36-18-9-20-38(28-36)46-51-45(35-15-5-2-6-16-35)52-47(53-46)41-23-11-17-33-12-7-8-22-40(33)41/h1-23,28-30,32H,24-27,31H2. The van der Waals surface area contributed by atoms with Gasteiger partial charge in [0.15, 0.2) is 23.3 Å². The average Bonchev–Trinajstić information content (AvgIpc) is 3.87. The lowest BCUT2D eigenvalue weighted by Crippen LogP contribution is -2.19. The second-order valence-corrected chi connectivity index (χ2v) is 14.6. The van der Waals surface area contributed by atoms with Crippen LogP contribution in [0.2, 0.25) is 0 Å². The largest absolute Gasteiger partial charge is 0.228 e. The zero-order chi connectivity index (χ0) is 35.2. The first-order valence-corrected chi connectivity index (χ1v) is 18.6. The van der Waals surface area contributed by atoms with E-state index in [2.05, 4.69) is 109 Å². The average molecular weight is 684 g/mol. The van der Waals surface area contributed by atoms with Crippen LogP contribution in [0.15, 0.2) is 158 Å². The summed E-state index contributed by atoms with van der Waals surface area (Å²) >= 11 is 0. The maximum atomic E-state index is 5.18. The minimum atomic E-state index is 0.321. The first-order valence-electron chi connectivity index (χ1n) is 18.6. The quantitative estimate of drug-likeness (QED) is 0.167. The Hall–Kier alpha value is -6.33. The molecule has 0 amide bonds. The van der Waals surface area contributed by atoms with Gasteiger partial charge in [-0.05, 0) is 78.0 Å². The molecule has 0 aliphatic heterocycles. The maximum absolute atomic E-state index is 5.18. The van der Waals surface area contributed by atoms with Crippen LogP contribution in [-0.4, -0.2) is 24.9 Å². The lowest BCUT2D eigenvalue weighted by molar-refractivity contribution is 0.419. The van der Waals surface area contributed by atoms with Gasteiger partial charge in [-0.2, -0.15) is 0 Å². The summed E-state index contributed by atoms with van der Waals surface area (Å²) < 4.78 is 0. The highest BCUT2D eigenvalue weighted by molar-refractivity contribution is 5.95. The van der Waals surface area contributed by atoms with E-state index in [1.165, 1.54) is 37.7 Å². The van der Waals surface area contributed by atoms with Gasteiger partial charge in [-0.3, -0.25) is 0 Å².